The molecule has 3 aromatic rings. The van der Waals surface area contributed by atoms with Crippen LogP contribution in [-0.4, -0.2) is 121 Å². The minimum absolute atomic E-state index is 0.0532. The maximum absolute atomic E-state index is 15.3. The molecule has 4 aliphatic heterocycles. The minimum Gasteiger partial charge on any atom is -0.495 e. The van der Waals surface area contributed by atoms with E-state index in [0.29, 0.717) is 71.6 Å². The largest absolute Gasteiger partial charge is 0.495 e. The molecule has 3 saturated heterocycles. The van der Waals surface area contributed by atoms with Gasteiger partial charge < -0.3 is 45.4 Å². The van der Waals surface area contributed by atoms with Gasteiger partial charge in [-0.2, -0.15) is 4.98 Å². The van der Waals surface area contributed by atoms with E-state index < -0.39 is 17.5 Å². The van der Waals surface area contributed by atoms with Crippen molar-refractivity contribution < 1.29 is 33.4 Å². The number of nitrogens with zero attached hydrogens (tertiary/aromatic N) is 6. The Morgan fingerprint density at radius 3 is 2.44 bits per heavy atom. The van der Waals surface area contributed by atoms with E-state index >= 15 is 4.39 Å². The number of benzene rings is 2. The number of nitrogens with one attached hydrogen (secondary N) is 4. The van der Waals surface area contributed by atoms with Crippen molar-refractivity contribution in [3.63, 3.8) is 0 Å². The molecule has 1 saturated carbocycles. The molecule has 0 spiro atoms. The molecular weight excluding hydrogens is 796 g/mol. The Bertz CT molecular complexity index is 2150. The molecule has 1 aromatic heterocycles. The molecule has 0 radical (unpaired) electrons. The van der Waals surface area contributed by atoms with Gasteiger partial charge in [0.1, 0.15) is 29.3 Å². The van der Waals surface area contributed by atoms with Gasteiger partial charge in [-0.3, -0.25) is 24.5 Å². The van der Waals surface area contributed by atoms with Crippen molar-refractivity contribution in [2.24, 2.45) is 5.92 Å². The van der Waals surface area contributed by atoms with Crippen LogP contribution < -0.4 is 40.7 Å². The third-order valence-electron chi connectivity index (χ3n) is 13.6. The molecule has 62 heavy (non-hydrogen) atoms. The molecule has 1 aliphatic carbocycles. The minimum atomic E-state index is -0.759. The number of anilines is 6. The van der Waals surface area contributed by atoms with Crippen LogP contribution in [0.5, 0.6) is 5.75 Å². The van der Waals surface area contributed by atoms with E-state index in [2.05, 4.69) is 41.0 Å². The fourth-order valence-corrected chi connectivity index (χ4v) is 9.91. The summed E-state index contributed by atoms with van der Waals surface area (Å²) in [5.41, 5.74) is 1.95. The van der Waals surface area contributed by atoms with Crippen molar-refractivity contribution in [3.8, 4) is 5.75 Å². The number of carbonyl (C=O) groups excluding carboxylic acids is 4. The van der Waals surface area contributed by atoms with E-state index in [0.717, 1.165) is 77.1 Å². The van der Waals surface area contributed by atoms with Gasteiger partial charge in [-0.25, -0.2) is 9.37 Å². The van der Waals surface area contributed by atoms with E-state index in [1.807, 2.05) is 6.92 Å². The van der Waals surface area contributed by atoms with Gasteiger partial charge in [0.25, 0.3) is 5.91 Å². The molecule has 0 bridgehead atoms. The lowest BCUT2D eigenvalue weighted by molar-refractivity contribution is -0.133. The predicted molar refractivity (Wildman–Crippen MR) is 235 cm³/mol. The topological polar surface area (TPSA) is 185 Å². The molecular formula is C45H59FN10O6. The highest BCUT2D eigenvalue weighted by Crippen LogP contribution is 2.41. The number of hydrogen-bond donors (Lipinski definition) is 5. The first-order valence-corrected chi connectivity index (χ1v) is 22.2. The molecule has 2 aromatic carbocycles. The Hall–Kier alpha value is -5.55. The van der Waals surface area contributed by atoms with Crippen LogP contribution in [0.3, 0.4) is 0 Å². The van der Waals surface area contributed by atoms with Crippen LogP contribution in [0.4, 0.5) is 38.9 Å². The van der Waals surface area contributed by atoms with Crippen LogP contribution >= 0.6 is 0 Å². The maximum Gasteiger partial charge on any atom is 0.251 e. The summed E-state index contributed by atoms with van der Waals surface area (Å²) < 4.78 is 21.0. The van der Waals surface area contributed by atoms with E-state index in [9.17, 15) is 24.3 Å². The maximum atomic E-state index is 15.3. The molecule has 2 unspecified atom stereocenters. The monoisotopic (exact) mass is 854 g/mol. The number of methoxy groups -OCH3 is 1. The molecule has 5 N–H and O–H groups in total. The Kier molecular flexibility index (Phi) is 12.8. The smallest absolute Gasteiger partial charge is 0.251 e. The molecule has 8 rings (SSSR count). The molecule has 5 aliphatic rings. The van der Waals surface area contributed by atoms with Gasteiger partial charge in [0.15, 0.2) is 5.82 Å². The van der Waals surface area contributed by atoms with Crippen LogP contribution in [0.2, 0.25) is 0 Å². The first kappa shape index (κ1) is 43.1. The average Bonchev–Trinajstić information content (AvgIpc) is 3.82. The van der Waals surface area contributed by atoms with Crippen molar-refractivity contribution in [2.45, 2.75) is 101 Å². The number of piperidine rings is 3. The van der Waals surface area contributed by atoms with Gasteiger partial charge in [-0.05, 0) is 93.7 Å². The van der Waals surface area contributed by atoms with Crippen LogP contribution in [-0.2, 0) is 14.4 Å². The van der Waals surface area contributed by atoms with E-state index in [1.165, 1.54) is 6.07 Å². The van der Waals surface area contributed by atoms with Crippen LogP contribution in [0.15, 0.2) is 42.6 Å². The molecule has 332 valence electrons. The summed E-state index contributed by atoms with van der Waals surface area (Å²) in [5, 5.41) is 22.4. The Morgan fingerprint density at radius 1 is 1.00 bits per heavy atom. The molecule has 16 nitrogen and oxygen atoms in total. The number of ether oxygens (including phenoxy) is 1. The standard InChI is InChI=1S/C45H59FN10O6/c1-4-35-43(61)53(2)37-25-47-44(51-40(37)56(35)31-7-5-6-8-31)49-33-11-9-29(23-38(33)62-3)41(59)52-45(27-57)17-21-54(22-18-45)26-28-15-19-55(20-16-28)36-13-10-30(24-32(36)46)48-34-12-14-39(58)50-42(34)60/h9-11,13,23-25,28,31,34-35,48,57H,4-8,12,14-22,26-27H2,1-3H3,(H,52,59)(H,47,49,51)(H,50,58,60). The highest BCUT2D eigenvalue weighted by molar-refractivity contribution is 6.04. The third kappa shape index (κ3) is 9.00. The number of likely N-dealkylation sites (tertiary alicyclic amines) is 1. The lowest BCUT2D eigenvalue weighted by atomic mass is 9.86. The van der Waals surface area contributed by atoms with Crippen LogP contribution in [0.25, 0.3) is 0 Å². The summed E-state index contributed by atoms with van der Waals surface area (Å²) in [6.07, 6.45) is 10.3. The van der Waals surface area contributed by atoms with E-state index in [-0.39, 0.29) is 48.7 Å². The van der Waals surface area contributed by atoms with Crippen LogP contribution in [0, 0.1) is 11.7 Å². The van der Waals surface area contributed by atoms with Crippen molar-refractivity contribution in [3.05, 3.63) is 54.0 Å². The highest BCUT2D eigenvalue weighted by atomic mass is 19.1. The SMILES string of the molecule is CCC1C(=O)N(C)c2cnc(Nc3ccc(C(=O)NC4(CO)CCN(CC5CCN(c6ccc(NC7CCC(=O)NC7=O)cc6F)CC5)CC4)cc3OC)nc2N1C1CCCC1. The number of fused-ring (bicyclic) bond motifs is 1. The lowest BCUT2D eigenvalue weighted by Crippen LogP contribution is -2.58. The Labute approximate surface area is 361 Å². The van der Waals surface area contributed by atoms with Gasteiger partial charge >= 0.3 is 0 Å². The van der Waals surface area contributed by atoms with Crippen molar-refractivity contribution >= 4 is 58.1 Å². The predicted octanol–water partition coefficient (Wildman–Crippen LogP) is 4.56. The van der Waals surface area contributed by atoms with Gasteiger partial charge in [0, 0.05) is 63.5 Å². The molecule has 17 heteroatoms. The summed E-state index contributed by atoms with van der Waals surface area (Å²) in [6.45, 7) is 5.66. The van der Waals surface area contributed by atoms with Crippen molar-refractivity contribution in [1.82, 2.24) is 25.5 Å². The summed E-state index contributed by atoms with van der Waals surface area (Å²) in [4.78, 5) is 68.5. The second-order valence-corrected chi connectivity index (χ2v) is 17.5. The molecule has 2 atom stereocenters. The zero-order valence-corrected chi connectivity index (χ0v) is 35.9. The Balaban J connectivity index is 0.836. The van der Waals surface area contributed by atoms with Crippen molar-refractivity contribution in [2.75, 3.05) is 78.8 Å². The highest BCUT2D eigenvalue weighted by Gasteiger charge is 2.42. The first-order valence-electron chi connectivity index (χ1n) is 22.2. The van der Waals surface area contributed by atoms with Gasteiger partial charge in [0.2, 0.25) is 23.7 Å². The Morgan fingerprint density at radius 2 is 1.76 bits per heavy atom. The summed E-state index contributed by atoms with van der Waals surface area (Å²) in [7, 11) is 3.32. The second-order valence-electron chi connectivity index (χ2n) is 17.5. The number of halogens is 1. The number of aliphatic hydroxyl groups excluding tert-OH is 1. The molecule has 5 heterocycles. The number of amides is 4. The first-order chi connectivity index (χ1) is 30.0. The van der Waals surface area contributed by atoms with Gasteiger partial charge in [-0.1, -0.05) is 19.8 Å². The quantitative estimate of drug-likeness (QED) is 0.151. The summed E-state index contributed by atoms with van der Waals surface area (Å²) in [6, 6.07) is 9.48. The third-order valence-corrected chi connectivity index (χ3v) is 13.6. The fourth-order valence-electron chi connectivity index (χ4n) is 9.91. The van der Waals surface area contributed by atoms with E-state index in [1.54, 1.807) is 55.6 Å². The van der Waals surface area contributed by atoms with Crippen LogP contribution in [0.1, 0.15) is 87.9 Å². The van der Waals surface area contributed by atoms with Gasteiger partial charge in [0.05, 0.1) is 36.8 Å². The number of likely N-dealkylation sites (N-methyl/N-ethyl adjacent to an activating group) is 1. The number of carbonyl (C=O) groups is 4. The van der Waals surface area contributed by atoms with Gasteiger partial charge in [-0.15, -0.1) is 0 Å². The second kappa shape index (κ2) is 18.4. The average molecular weight is 855 g/mol. The lowest BCUT2D eigenvalue weighted by Gasteiger charge is -2.43. The summed E-state index contributed by atoms with van der Waals surface area (Å²) >= 11 is 0. The number of imide groups is 1. The number of aromatic nitrogens is 2. The number of hydrogen-bond acceptors (Lipinski definition) is 13. The summed E-state index contributed by atoms with van der Waals surface area (Å²) in [5.74, 6) is 0.691. The fraction of sp³-hybridized carbons (Fsp3) is 0.556. The zero-order chi connectivity index (χ0) is 43.5. The number of aliphatic hydroxyl groups is 1. The molecule has 4 fully saturated rings. The normalized spacial score (nSPS) is 22.3. The van der Waals surface area contributed by atoms with E-state index in [4.69, 9.17) is 9.72 Å². The van der Waals surface area contributed by atoms with Crippen molar-refractivity contribution in [1.29, 1.82) is 0 Å². The zero-order valence-electron chi connectivity index (χ0n) is 35.9. The molecule has 4 amide bonds. The number of rotatable bonds is 13.